The van der Waals surface area contributed by atoms with Crippen LogP contribution in [0, 0.1) is 0 Å². The number of nitrogen functional groups attached to an aromatic ring is 1. The lowest BCUT2D eigenvalue weighted by Crippen LogP contribution is -2.06. The summed E-state index contributed by atoms with van der Waals surface area (Å²) in [6.45, 7) is 0. The number of fused-ring (bicyclic) bond motifs is 1. The van der Waals surface area contributed by atoms with Gasteiger partial charge in [0.15, 0.2) is 5.13 Å². The predicted octanol–water partition coefficient (Wildman–Crippen LogP) is 2.82. The molecule has 3 rings (SSSR count). The first-order valence-corrected chi connectivity index (χ1v) is 6.25. The maximum Gasteiger partial charge on any atom is 0.183 e. The minimum absolute atomic E-state index is 0.391. The number of hydrogen-bond acceptors (Lipinski definition) is 4. The quantitative estimate of drug-likeness (QED) is 0.781. The zero-order valence-corrected chi connectivity index (χ0v) is 9.63. The maximum absolute atomic E-state index is 5.78. The van der Waals surface area contributed by atoms with E-state index < -0.39 is 0 Å². The standard InChI is InChI=1S/C12H13N3S/c13-9-2-3-10-8(7-9)1-4-11(10)15-12-14-5-6-16-12/h2-3,5-7,11H,1,4,13H2,(H,14,15). The van der Waals surface area contributed by atoms with E-state index in [2.05, 4.69) is 22.4 Å². The van der Waals surface area contributed by atoms with Crippen molar-refractivity contribution in [2.24, 2.45) is 0 Å². The molecule has 4 heteroatoms. The fourth-order valence-corrected chi connectivity index (χ4v) is 2.81. The minimum Gasteiger partial charge on any atom is -0.399 e. The molecule has 0 saturated heterocycles. The number of nitrogens with zero attached hydrogens (tertiary/aromatic N) is 1. The van der Waals surface area contributed by atoms with Crippen LogP contribution in [0.5, 0.6) is 0 Å². The van der Waals surface area contributed by atoms with E-state index in [0.717, 1.165) is 23.7 Å². The fraction of sp³-hybridized carbons (Fsp3) is 0.250. The van der Waals surface area contributed by atoms with Gasteiger partial charge in [-0.15, -0.1) is 11.3 Å². The number of nitrogens with one attached hydrogen (secondary N) is 1. The minimum atomic E-state index is 0.391. The number of benzene rings is 1. The van der Waals surface area contributed by atoms with Gasteiger partial charge in [0.1, 0.15) is 0 Å². The number of thiazole rings is 1. The lowest BCUT2D eigenvalue weighted by atomic mass is 10.1. The monoisotopic (exact) mass is 231 g/mol. The molecule has 1 atom stereocenters. The number of hydrogen-bond donors (Lipinski definition) is 2. The van der Waals surface area contributed by atoms with Gasteiger partial charge in [-0.25, -0.2) is 4.98 Å². The summed E-state index contributed by atoms with van der Waals surface area (Å²) >= 11 is 1.64. The van der Waals surface area contributed by atoms with E-state index in [1.807, 2.05) is 17.6 Å². The van der Waals surface area contributed by atoms with Crippen LogP contribution in [-0.2, 0) is 6.42 Å². The van der Waals surface area contributed by atoms with Gasteiger partial charge in [0.2, 0.25) is 0 Å². The molecule has 1 aliphatic carbocycles. The van der Waals surface area contributed by atoms with E-state index in [0.29, 0.717) is 6.04 Å². The van der Waals surface area contributed by atoms with Crippen LogP contribution in [0.15, 0.2) is 29.8 Å². The topological polar surface area (TPSA) is 50.9 Å². The normalized spacial score (nSPS) is 18.4. The predicted molar refractivity (Wildman–Crippen MR) is 67.7 cm³/mol. The van der Waals surface area contributed by atoms with Crippen molar-refractivity contribution in [2.45, 2.75) is 18.9 Å². The second-order valence-corrected chi connectivity index (χ2v) is 4.93. The molecule has 16 heavy (non-hydrogen) atoms. The van der Waals surface area contributed by atoms with Gasteiger partial charge in [-0.3, -0.25) is 0 Å². The second-order valence-electron chi connectivity index (χ2n) is 4.03. The molecule has 3 N–H and O–H groups in total. The van der Waals surface area contributed by atoms with Crippen LogP contribution in [-0.4, -0.2) is 4.98 Å². The van der Waals surface area contributed by atoms with Crippen molar-refractivity contribution in [3.8, 4) is 0 Å². The van der Waals surface area contributed by atoms with Gasteiger partial charge in [0, 0.05) is 17.3 Å². The molecule has 0 radical (unpaired) electrons. The second kappa shape index (κ2) is 3.79. The first kappa shape index (κ1) is 9.66. The lowest BCUT2D eigenvalue weighted by Gasteiger charge is -2.12. The van der Waals surface area contributed by atoms with E-state index >= 15 is 0 Å². The molecular weight excluding hydrogens is 218 g/mol. The van der Waals surface area contributed by atoms with Gasteiger partial charge in [0.25, 0.3) is 0 Å². The van der Waals surface area contributed by atoms with Crippen molar-refractivity contribution < 1.29 is 0 Å². The van der Waals surface area contributed by atoms with E-state index in [4.69, 9.17) is 5.73 Å². The van der Waals surface area contributed by atoms with E-state index in [9.17, 15) is 0 Å². The first-order chi connectivity index (χ1) is 7.83. The first-order valence-electron chi connectivity index (χ1n) is 5.37. The Morgan fingerprint density at radius 2 is 2.38 bits per heavy atom. The Bertz CT molecular complexity index is 493. The number of anilines is 2. The van der Waals surface area contributed by atoms with Crippen LogP contribution < -0.4 is 11.1 Å². The third-order valence-corrected chi connectivity index (χ3v) is 3.68. The third-order valence-electron chi connectivity index (χ3n) is 2.97. The summed E-state index contributed by atoms with van der Waals surface area (Å²) < 4.78 is 0. The van der Waals surface area contributed by atoms with Gasteiger partial charge in [-0.05, 0) is 36.1 Å². The van der Waals surface area contributed by atoms with Gasteiger partial charge in [0.05, 0.1) is 6.04 Å². The average Bonchev–Trinajstić information content (AvgIpc) is 2.89. The molecule has 82 valence electrons. The zero-order chi connectivity index (χ0) is 11.0. The van der Waals surface area contributed by atoms with Gasteiger partial charge in [-0.1, -0.05) is 6.07 Å². The molecule has 0 amide bonds. The summed E-state index contributed by atoms with van der Waals surface area (Å²) in [5.41, 5.74) is 9.37. The molecule has 2 aromatic rings. The highest BCUT2D eigenvalue weighted by Gasteiger charge is 2.22. The summed E-state index contributed by atoms with van der Waals surface area (Å²) in [6, 6.07) is 6.57. The van der Waals surface area contributed by atoms with E-state index in [-0.39, 0.29) is 0 Å². The van der Waals surface area contributed by atoms with Crippen LogP contribution in [0.3, 0.4) is 0 Å². The highest BCUT2D eigenvalue weighted by molar-refractivity contribution is 7.13. The van der Waals surface area contributed by atoms with Gasteiger partial charge in [-0.2, -0.15) is 0 Å². The summed E-state index contributed by atoms with van der Waals surface area (Å²) in [6.07, 6.45) is 4.05. The molecule has 1 unspecified atom stereocenters. The van der Waals surface area contributed by atoms with Crippen molar-refractivity contribution in [3.05, 3.63) is 40.9 Å². The molecule has 3 nitrogen and oxygen atoms in total. The van der Waals surface area contributed by atoms with E-state index in [1.165, 1.54) is 11.1 Å². The van der Waals surface area contributed by atoms with Crippen LogP contribution in [0.2, 0.25) is 0 Å². The van der Waals surface area contributed by atoms with Crippen LogP contribution >= 0.6 is 11.3 Å². The smallest absolute Gasteiger partial charge is 0.183 e. The summed E-state index contributed by atoms with van der Waals surface area (Å²) in [4.78, 5) is 4.25. The van der Waals surface area contributed by atoms with Gasteiger partial charge < -0.3 is 11.1 Å². The van der Waals surface area contributed by atoms with Crippen molar-refractivity contribution in [3.63, 3.8) is 0 Å². The van der Waals surface area contributed by atoms with Crippen molar-refractivity contribution in [1.29, 1.82) is 0 Å². The molecule has 0 aliphatic heterocycles. The largest absolute Gasteiger partial charge is 0.399 e. The van der Waals surface area contributed by atoms with Gasteiger partial charge >= 0.3 is 0 Å². The van der Waals surface area contributed by atoms with Crippen LogP contribution in [0.4, 0.5) is 10.8 Å². The lowest BCUT2D eigenvalue weighted by molar-refractivity contribution is 0.761. The Hall–Kier alpha value is -1.55. The van der Waals surface area contributed by atoms with Crippen LogP contribution in [0.25, 0.3) is 0 Å². The molecule has 1 heterocycles. The number of nitrogens with two attached hydrogens (primary N) is 1. The number of aryl methyl sites for hydroxylation is 1. The molecule has 1 aromatic heterocycles. The molecule has 0 saturated carbocycles. The molecule has 0 bridgehead atoms. The van der Waals surface area contributed by atoms with Crippen molar-refractivity contribution in [1.82, 2.24) is 4.98 Å². The molecule has 0 spiro atoms. The Morgan fingerprint density at radius 1 is 1.44 bits per heavy atom. The zero-order valence-electron chi connectivity index (χ0n) is 8.81. The molecule has 1 aromatic carbocycles. The molecule has 0 fully saturated rings. The highest BCUT2D eigenvalue weighted by atomic mass is 32.1. The summed E-state index contributed by atoms with van der Waals surface area (Å²) in [5, 5.41) is 6.45. The molecule has 1 aliphatic rings. The Morgan fingerprint density at radius 3 is 3.19 bits per heavy atom. The Kier molecular flexibility index (Phi) is 2.29. The average molecular weight is 231 g/mol. The fourth-order valence-electron chi connectivity index (χ4n) is 2.23. The SMILES string of the molecule is Nc1ccc2c(c1)CCC2Nc1nccs1. The maximum atomic E-state index is 5.78. The summed E-state index contributed by atoms with van der Waals surface area (Å²) in [7, 11) is 0. The summed E-state index contributed by atoms with van der Waals surface area (Å²) in [5.74, 6) is 0. The van der Waals surface area contributed by atoms with Crippen LogP contribution in [0.1, 0.15) is 23.6 Å². The number of aromatic nitrogens is 1. The molecular formula is C12H13N3S. The van der Waals surface area contributed by atoms with E-state index in [1.54, 1.807) is 11.3 Å². The highest BCUT2D eigenvalue weighted by Crippen LogP contribution is 2.35. The Balaban J connectivity index is 1.86. The Labute approximate surface area is 98.3 Å². The van der Waals surface area contributed by atoms with Crippen molar-refractivity contribution in [2.75, 3.05) is 11.1 Å². The third kappa shape index (κ3) is 1.65. The number of rotatable bonds is 2. The van der Waals surface area contributed by atoms with Crippen molar-refractivity contribution >= 4 is 22.2 Å².